The van der Waals surface area contributed by atoms with Gasteiger partial charge in [-0.15, -0.1) is 0 Å². The molecule has 0 aromatic heterocycles. The molecule has 1 unspecified atom stereocenters. The number of nitrogens with one attached hydrogen (secondary N) is 1. The van der Waals surface area contributed by atoms with Gasteiger partial charge in [-0.1, -0.05) is 12.1 Å². The lowest BCUT2D eigenvalue weighted by Gasteiger charge is -2.37. The van der Waals surface area contributed by atoms with E-state index in [1.54, 1.807) is 0 Å². The van der Waals surface area contributed by atoms with E-state index in [2.05, 4.69) is 16.3 Å². The standard InChI is InChI=1S/C23H31N3O3/c1-16(23(29)24-20-7-8-20)25-11-13-26(14-12-25)22(28)10-9-21(27)19-6-5-17-3-2-4-18(17)15-19/h5-6,15-16,20H,2-4,7-14H2,1H3,(H,24,29). The Kier molecular flexibility index (Phi) is 5.99. The van der Waals surface area contributed by atoms with Gasteiger partial charge in [0.2, 0.25) is 11.8 Å². The molecule has 1 aliphatic heterocycles. The first-order valence-electron chi connectivity index (χ1n) is 11.0. The molecular formula is C23H31N3O3. The second-order valence-electron chi connectivity index (χ2n) is 8.64. The molecule has 0 spiro atoms. The van der Waals surface area contributed by atoms with E-state index in [9.17, 15) is 14.4 Å². The van der Waals surface area contributed by atoms with Crippen molar-refractivity contribution in [3.8, 4) is 0 Å². The Morgan fingerprint density at radius 2 is 1.76 bits per heavy atom. The fourth-order valence-corrected chi connectivity index (χ4v) is 4.34. The minimum Gasteiger partial charge on any atom is -0.352 e. The molecule has 1 aromatic rings. The summed E-state index contributed by atoms with van der Waals surface area (Å²) >= 11 is 0. The molecule has 1 atom stereocenters. The Balaban J connectivity index is 1.21. The molecule has 1 N–H and O–H groups in total. The number of piperazine rings is 1. The van der Waals surface area contributed by atoms with Gasteiger partial charge in [0.1, 0.15) is 0 Å². The second-order valence-corrected chi connectivity index (χ2v) is 8.64. The summed E-state index contributed by atoms with van der Waals surface area (Å²) in [6.45, 7) is 4.57. The van der Waals surface area contributed by atoms with Crippen molar-refractivity contribution in [2.45, 2.75) is 64.0 Å². The van der Waals surface area contributed by atoms with E-state index in [0.717, 1.165) is 37.7 Å². The molecule has 3 aliphatic rings. The van der Waals surface area contributed by atoms with E-state index in [1.165, 1.54) is 11.1 Å². The summed E-state index contributed by atoms with van der Waals surface area (Å²) < 4.78 is 0. The zero-order valence-electron chi connectivity index (χ0n) is 17.3. The van der Waals surface area contributed by atoms with Crippen LogP contribution in [-0.2, 0) is 22.4 Å². The third kappa shape index (κ3) is 4.86. The van der Waals surface area contributed by atoms with Crippen LogP contribution in [0.5, 0.6) is 0 Å². The molecule has 0 bridgehead atoms. The van der Waals surface area contributed by atoms with Crippen molar-refractivity contribution in [3.05, 3.63) is 34.9 Å². The number of benzene rings is 1. The van der Waals surface area contributed by atoms with Gasteiger partial charge in [0.05, 0.1) is 6.04 Å². The van der Waals surface area contributed by atoms with Crippen molar-refractivity contribution in [3.63, 3.8) is 0 Å². The number of rotatable bonds is 7. The highest BCUT2D eigenvalue weighted by atomic mass is 16.2. The molecule has 6 heteroatoms. The van der Waals surface area contributed by atoms with E-state index in [1.807, 2.05) is 24.0 Å². The zero-order chi connectivity index (χ0) is 20.4. The van der Waals surface area contributed by atoms with Crippen LogP contribution in [-0.4, -0.2) is 65.7 Å². The van der Waals surface area contributed by atoms with Crippen LogP contribution in [0.4, 0.5) is 0 Å². The molecule has 2 amide bonds. The van der Waals surface area contributed by atoms with E-state index in [0.29, 0.717) is 32.2 Å². The lowest BCUT2D eigenvalue weighted by molar-refractivity contribution is -0.134. The first-order valence-corrected chi connectivity index (χ1v) is 11.0. The molecule has 156 valence electrons. The molecule has 1 heterocycles. The van der Waals surface area contributed by atoms with Gasteiger partial charge < -0.3 is 10.2 Å². The lowest BCUT2D eigenvalue weighted by Crippen LogP contribution is -2.55. The predicted molar refractivity (Wildman–Crippen MR) is 111 cm³/mol. The second kappa shape index (κ2) is 8.66. The van der Waals surface area contributed by atoms with Crippen LogP contribution in [0.1, 0.15) is 60.5 Å². The fourth-order valence-electron chi connectivity index (χ4n) is 4.34. The summed E-state index contributed by atoms with van der Waals surface area (Å²) in [5.41, 5.74) is 3.38. The molecule has 1 saturated carbocycles. The zero-order valence-corrected chi connectivity index (χ0v) is 17.3. The van der Waals surface area contributed by atoms with Crippen LogP contribution < -0.4 is 5.32 Å². The molecule has 6 nitrogen and oxygen atoms in total. The van der Waals surface area contributed by atoms with E-state index >= 15 is 0 Å². The molecule has 2 aliphatic carbocycles. The number of carbonyl (C=O) groups is 3. The number of ketones is 1. The maximum Gasteiger partial charge on any atom is 0.237 e. The van der Waals surface area contributed by atoms with Gasteiger partial charge in [-0.25, -0.2) is 0 Å². The molecule has 4 rings (SSSR count). The van der Waals surface area contributed by atoms with Crippen molar-refractivity contribution < 1.29 is 14.4 Å². The van der Waals surface area contributed by atoms with Crippen LogP contribution >= 0.6 is 0 Å². The smallest absolute Gasteiger partial charge is 0.237 e. The molecule has 1 saturated heterocycles. The predicted octanol–water partition coefficient (Wildman–Crippen LogP) is 1.95. The molecule has 2 fully saturated rings. The quantitative estimate of drug-likeness (QED) is 0.714. The van der Waals surface area contributed by atoms with Crippen LogP contribution in [0.15, 0.2) is 18.2 Å². The molecule has 1 aromatic carbocycles. The Hall–Kier alpha value is -2.21. The van der Waals surface area contributed by atoms with Crippen LogP contribution in [0, 0.1) is 0 Å². The Morgan fingerprint density at radius 3 is 2.48 bits per heavy atom. The van der Waals surface area contributed by atoms with Gasteiger partial charge in [-0.3, -0.25) is 19.3 Å². The van der Waals surface area contributed by atoms with Crippen molar-refractivity contribution in [2.75, 3.05) is 26.2 Å². The van der Waals surface area contributed by atoms with Crippen LogP contribution in [0.25, 0.3) is 0 Å². The number of amides is 2. The average Bonchev–Trinajstić information content (AvgIpc) is 3.43. The highest BCUT2D eigenvalue weighted by Gasteiger charge is 2.30. The third-order valence-electron chi connectivity index (χ3n) is 6.50. The molecule has 29 heavy (non-hydrogen) atoms. The van der Waals surface area contributed by atoms with Crippen LogP contribution in [0.3, 0.4) is 0 Å². The summed E-state index contributed by atoms with van der Waals surface area (Å²) in [5, 5.41) is 3.05. The third-order valence-corrected chi connectivity index (χ3v) is 6.50. The fraction of sp³-hybridized carbons (Fsp3) is 0.609. The number of hydrogen-bond donors (Lipinski definition) is 1. The van der Waals surface area contributed by atoms with Crippen molar-refractivity contribution in [1.82, 2.24) is 15.1 Å². The number of Topliss-reactive ketones (excluding diaryl/α,β-unsaturated/α-hetero) is 1. The minimum atomic E-state index is -0.158. The largest absolute Gasteiger partial charge is 0.352 e. The van der Waals surface area contributed by atoms with Gasteiger partial charge in [-0.05, 0) is 56.2 Å². The summed E-state index contributed by atoms with van der Waals surface area (Å²) in [4.78, 5) is 41.3. The highest BCUT2D eigenvalue weighted by molar-refractivity contribution is 5.98. The summed E-state index contributed by atoms with van der Waals surface area (Å²) in [6, 6.07) is 6.20. The number of fused-ring (bicyclic) bond motifs is 1. The topological polar surface area (TPSA) is 69.7 Å². The minimum absolute atomic E-state index is 0.0363. The van der Waals surface area contributed by atoms with Crippen molar-refractivity contribution >= 4 is 17.6 Å². The average molecular weight is 398 g/mol. The van der Waals surface area contributed by atoms with Gasteiger partial charge in [-0.2, -0.15) is 0 Å². The van der Waals surface area contributed by atoms with Crippen molar-refractivity contribution in [2.24, 2.45) is 0 Å². The van der Waals surface area contributed by atoms with Crippen LogP contribution in [0.2, 0.25) is 0 Å². The van der Waals surface area contributed by atoms with Gasteiger partial charge >= 0.3 is 0 Å². The summed E-state index contributed by atoms with van der Waals surface area (Å²) in [6.07, 6.45) is 6.02. The Morgan fingerprint density at radius 1 is 1.03 bits per heavy atom. The van der Waals surface area contributed by atoms with Crippen molar-refractivity contribution in [1.29, 1.82) is 0 Å². The monoisotopic (exact) mass is 397 g/mol. The normalized spacial score (nSPS) is 20.2. The van der Waals surface area contributed by atoms with E-state index in [4.69, 9.17) is 0 Å². The van der Waals surface area contributed by atoms with Gasteiger partial charge in [0, 0.05) is 50.6 Å². The SMILES string of the molecule is CC(C(=O)NC1CC1)N1CCN(C(=O)CCC(=O)c2ccc3c(c2)CCC3)CC1. The number of nitrogens with zero attached hydrogens (tertiary/aromatic N) is 2. The van der Waals surface area contributed by atoms with E-state index in [-0.39, 0.29) is 36.5 Å². The summed E-state index contributed by atoms with van der Waals surface area (Å²) in [5.74, 6) is 0.179. The number of carbonyl (C=O) groups excluding carboxylic acids is 3. The summed E-state index contributed by atoms with van der Waals surface area (Å²) in [7, 11) is 0. The molecule has 0 radical (unpaired) electrons. The van der Waals surface area contributed by atoms with Gasteiger partial charge in [0.15, 0.2) is 5.78 Å². The Bertz CT molecular complexity index is 795. The maximum absolute atomic E-state index is 12.6. The number of hydrogen-bond acceptors (Lipinski definition) is 4. The highest BCUT2D eigenvalue weighted by Crippen LogP contribution is 2.23. The lowest BCUT2D eigenvalue weighted by atomic mass is 10.0. The maximum atomic E-state index is 12.6. The van der Waals surface area contributed by atoms with E-state index < -0.39 is 0 Å². The number of aryl methyl sites for hydroxylation is 2. The first-order chi connectivity index (χ1) is 14.0. The first kappa shape index (κ1) is 20.1. The molecular weight excluding hydrogens is 366 g/mol. The Labute approximate surface area is 172 Å². The van der Waals surface area contributed by atoms with Gasteiger partial charge in [0.25, 0.3) is 0 Å².